The van der Waals surface area contributed by atoms with Crippen molar-refractivity contribution < 1.29 is 32.1 Å². The number of hydrogen-bond donors (Lipinski definition) is 0. The molecule has 0 aromatic heterocycles. The van der Waals surface area contributed by atoms with Crippen LogP contribution in [-0.2, 0) is 35.7 Å². The standard InChI is InChI=1S/C31H31N2.2CH4O3S/c1-30(2)26(32(5)24-17-15-20-11-7-9-13-22(20)28(24)30)19-27-31(3,4)29-23-14-10-8-12-21(23)16-18-25(29)33(27)6;1-4-5(2)3;1-5-4-3-2/h7-19H,1-6H3;1H3,(H,2,3);2H,1H3/q+1;;/p-2. The number of allylic oxidation sites excluding steroid dienone is 2. The molecule has 1 unspecified atom stereocenters. The molecule has 0 saturated carbocycles. The van der Waals surface area contributed by atoms with Gasteiger partial charge in [-0.15, -0.1) is 0 Å². The van der Waals surface area contributed by atoms with Crippen molar-refractivity contribution in [1.82, 2.24) is 0 Å². The second-order valence-electron chi connectivity index (χ2n) is 11.3. The maximum atomic E-state index is 9.15. The third-order valence-corrected chi connectivity index (χ3v) is 8.76. The van der Waals surface area contributed by atoms with E-state index in [-0.39, 0.29) is 10.8 Å². The molecule has 4 aromatic rings. The number of rotatable bonds is 4. The summed E-state index contributed by atoms with van der Waals surface area (Å²) in [6, 6.07) is 26.6. The van der Waals surface area contributed by atoms with Crippen LogP contribution in [0.25, 0.3) is 21.5 Å². The lowest BCUT2D eigenvalue weighted by Crippen LogP contribution is -2.31. The second-order valence-corrected chi connectivity index (χ2v) is 12.5. The highest BCUT2D eigenvalue weighted by molar-refractivity contribution is 7.93. The van der Waals surface area contributed by atoms with E-state index in [9.17, 15) is 0 Å². The van der Waals surface area contributed by atoms with Crippen molar-refractivity contribution in [3.63, 3.8) is 0 Å². The topological polar surface area (TPSA) is 97.1 Å². The number of hydrogen-bond acceptors (Lipinski definition) is 8. The number of anilines is 1. The van der Waals surface area contributed by atoms with E-state index in [0.717, 1.165) is 19.2 Å². The Labute approximate surface area is 260 Å². The predicted molar refractivity (Wildman–Crippen MR) is 173 cm³/mol. The largest absolute Gasteiger partial charge is 0.750 e. The monoisotopic (exact) mass is 621 g/mol. The zero-order chi connectivity index (χ0) is 31.5. The lowest BCUT2D eigenvalue weighted by Gasteiger charge is -2.26. The highest BCUT2D eigenvalue weighted by atomic mass is 32.2. The molecule has 0 amide bonds. The molecule has 4 aromatic carbocycles. The van der Waals surface area contributed by atoms with E-state index in [4.69, 9.17) is 14.0 Å². The van der Waals surface area contributed by atoms with Gasteiger partial charge in [-0.25, -0.2) is 4.21 Å². The van der Waals surface area contributed by atoms with Gasteiger partial charge < -0.3 is 18.9 Å². The highest BCUT2D eigenvalue weighted by Crippen LogP contribution is 2.51. The van der Waals surface area contributed by atoms with Crippen molar-refractivity contribution in [2.24, 2.45) is 0 Å². The van der Waals surface area contributed by atoms with Crippen LogP contribution in [0.15, 0.2) is 84.6 Å². The first-order chi connectivity index (χ1) is 20.4. The van der Waals surface area contributed by atoms with E-state index in [1.165, 1.54) is 55.5 Å². The zero-order valence-corrected chi connectivity index (χ0v) is 27.3. The molecule has 0 aliphatic carbocycles. The van der Waals surface area contributed by atoms with Crippen LogP contribution < -0.4 is 10.2 Å². The molecule has 2 heterocycles. The first-order valence-corrected chi connectivity index (χ1v) is 15.8. The van der Waals surface area contributed by atoms with Gasteiger partial charge in [-0.05, 0) is 53.1 Å². The third kappa shape index (κ3) is 6.14. The molecule has 0 saturated heterocycles. The van der Waals surface area contributed by atoms with Crippen molar-refractivity contribution >= 4 is 62.0 Å². The van der Waals surface area contributed by atoms with Gasteiger partial charge in [0.05, 0.1) is 23.9 Å². The molecule has 2 aliphatic rings. The average Bonchev–Trinajstić information content (AvgIpc) is 3.32. The Hall–Kier alpha value is -3.09. The molecule has 0 N–H and O–H groups in total. The van der Waals surface area contributed by atoms with E-state index in [1.807, 2.05) is 0 Å². The molecule has 228 valence electrons. The van der Waals surface area contributed by atoms with E-state index in [2.05, 4.69) is 144 Å². The van der Waals surface area contributed by atoms with Gasteiger partial charge in [0.15, 0.2) is 5.71 Å². The summed E-state index contributed by atoms with van der Waals surface area (Å²) in [5.41, 5.74) is 7.99. The fourth-order valence-corrected chi connectivity index (χ4v) is 6.51. The third-order valence-electron chi connectivity index (χ3n) is 8.30. The van der Waals surface area contributed by atoms with Crippen LogP contribution in [0.1, 0.15) is 38.8 Å². The van der Waals surface area contributed by atoms with Crippen LogP contribution in [0.3, 0.4) is 0 Å². The minimum absolute atomic E-state index is 0.0916. The summed E-state index contributed by atoms with van der Waals surface area (Å²) in [5.74, 6) is 0. The maximum absolute atomic E-state index is 9.15. The van der Waals surface area contributed by atoms with Crippen LogP contribution >= 0.6 is 12.0 Å². The summed E-state index contributed by atoms with van der Waals surface area (Å²) in [6.07, 6.45) is 4.04. The van der Waals surface area contributed by atoms with Crippen LogP contribution in [0.4, 0.5) is 11.4 Å². The van der Waals surface area contributed by atoms with Crippen molar-refractivity contribution in [2.45, 2.75) is 38.5 Å². The average molecular weight is 622 g/mol. The molecular formula is C33H37N2O6S2-. The lowest BCUT2D eigenvalue weighted by molar-refractivity contribution is -0.777. The van der Waals surface area contributed by atoms with E-state index in [1.54, 1.807) is 6.26 Å². The molecule has 8 nitrogen and oxygen atoms in total. The Morgan fingerprint density at radius 3 is 1.93 bits per heavy atom. The predicted octanol–water partition coefficient (Wildman–Crippen LogP) is 6.23. The van der Waals surface area contributed by atoms with Gasteiger partial charge in [0.1, 0.15) is 7.05 Å². The Balaban J connectivity index is 0.000000369. The van der Waals surface area contributed by atoms with Crippen LogP contribution in [-0.4, -0.2) is 46.5 Å². The van der Waals surface area contributed by atoms with Gasteiger partial charge in [0.2, 0.25) is 5.69 Å². The van der Waals surface area contributed by atoms with E-state index in [0.29, 0.717) is 0 Å². The molecule has 0 fully saturated rings. The molecular weight excluding hydrogens is 585 g/mol. The van der Waals surface area contributed by atoms with Crippen LogP contribution in [0.5, 0.6) is 0 Å². The van der Waals surface area contributed by atoms with Crippen molar-refractivity contribution in [3.8, 4) is 0 Å². The molecule has 0 spiro atoms. The Kier molecular flexibility index (Phi) is 10.1. The summed E-state index contributed by atoms with van der Waals surface area (Å²) in [4.78, 5) is 2.40. The summed E-state index contributed by atoms with van der Waals surface area (Å²) in [5, 5.41) is 17.0. The van der Waals surface area contributed by atoms with Gasteiger partial charge in [-0.3, -0.25) is 5.04 Å². The Morgan fingerprint density at radius 2 is 1.42 bits per heavy atom. The van der Waals surface area contributed by atoms with Gasteiger partial charge in [0, 0.05) is 59.9 Å². The quantitative estimate of drug-likeness (QED) is 0.0871. The lowest BCUT2D eigenvalue weighted by atomic mass is 9.76. The van der Waals surface area contributed by atoms with Crippen LogP contribution in [0, 0.1) is 0 Å². The smallest absolute Gasteiger partial charge is 0.210 e. The first-order valence-electron chi connectivity index (χ1n) is 13.7. The molecule has 43 heavy (non-hydrogen) atoms. The zero-order valence-electron chi connectivity index (χ0n) is 25.7. The van der Waals surface area contributed by atoms with Crippen LogP contribution in [0.2, 0.25) is 0 Å². The SMILES string of the molecule is CN1C(=CC2=[N+](C)c3ccc4ccccc4c3C2(C)C)C(C)(C)c2c1ccc1ccccc21.COS(=O)[O-].CSOO[O-]. The number of benzene rings is 4. The molecule has 0 radical (unpaired) electrons. The van der Waals surface area contributed by atoms with Gasteiger partial charge in [0.25, 0.3) is 0 Å². The summed E-state index contributed by atoms with van der Waals surface area (Å²) in [6.45, 7) is 9.49. The minimum atomic E-state index is -2.32. The van der Waals surface area contributed by atoms with Gasteiger partial charge in [-0.2, -0.15) is 8.91 Å². The summed E-state index contributed by atoms with van der Waals surface area (Å²) in [7, 11) is 5.53. The van der Waals surface area contributed by atoms with Gasteiger partial charge >= 0.3 is 0 Å². The highest BCUT2D eigenvalue weighted by Gasteiger charge is 2.47. The Bertz CT molecular complexity index is 1730. The van der Waals surface area contributed by atoms with E-state index < -0.39 is 11.4 Å². The summed E-state index contributed by atoms with van der Waals surface area (Å²) >= 11 is -1.46. The second kappa shape index (κ2) is 13.3. The maximum Gasteiger partial charge on any atom is 0.210 e. The molecule has 2 aliphatic heterocycles. The first kappa shape index (κ1) is 32.8. The Morgan fingerprint density at radius 1 is 0.884 bits per heavy atom. The summed E-state index contributed by atoms with van der Waals surface area (Å²) < 4.78 is 28.1. The van der Waals surface area contributed by atoms with Crippen molar-refractivity contribution in [3.05, 3.63) is 95.7 Å². The fourth-order valence-electron chi connectivity index (χ4n) is 6.46. The number of fused-ring (bicyclic) bond motifs is 6. The molecule has 0 bridgehead atoms. The van der Waals surface area contributed by atoms with Crippen molar-refractivity contribution in [1.29, 1.82) is 0 Å². The number of nitrogens with zero attached hydrogens (tertiary/aromatic N) is 2. The van der Waals surface area contributed by atoms with E-state index >= 15 is 0 Å². The molecule has 6 rings (SSSR count). The number of likely N-dealkylation sites (N-methyl/N-ethyl adjacent to an activating group) is 1. The normalized spacial score (nSPS) is 17.7. The molecule has 1 atom stereocenters. The molecule has 10 heteroatoms. The van der Waals surface area contributed by atoms with Gasteiger partial charge in [-0.1, -0.05) is 68.4 Å². The minimum Gasteiger partial charge on any atom is -0.750 e. The fraction of sp³-hybridized carbons (Fsp3) is 0.303. The van der Waals surface area contributed by atoms with Crippen molar-refractivity contribution in [2.75, 3.05) is 32.4 Å².